The van der Waals surface area contributed by atoms with Crippen molar-refractivity contribution in [2.24, 2.45) is 5.92 Å². The SMILES string of the molecule is COC(=O)CC1CCN(C(=O)c2cc(C(C)C)nn2-c2ccccc2)CC1. The highest BCUT2D eigenvalue weighted by Gasteiger charge is 2.28. The van der Waals surface area contributed by atoms with Crippen molar-refractivity contribution >= 4 is 11.9 Å². The highest BCUT2D eigenvalue weighted by molar-refractivity contribution is 5.93. The van der Waals surface area contributed by atoms with Crippen LogP contribution in [0.4, 0.5) is 0 Å². The number of methoxy groups -OCH3 is 1. The summed E-state index contributed by atoms with van der Waals surface area (Å²) in [5.74, 6) is 0.345. The molecule has 3 rings (SSSR count). The minimum atomic E-state index is -0.177. The van der Waals surface area contributed by atoms with Crippen LogP contribution in [-0.2, 0) is 9.53 Å². The van der Waals surface area contributed by atoms with Crippen molar-refractivity contribution in [3.8, 4) is 5.69 Å². The number of para-hydroxylation sites is 1. The summed E-state index contributed by atoms with van der Waals surface area (Å²) < 4.78 is 6.50. The van der Waals surface area contributed by atoms with Crippen molar-refractivity contribution in [1.29, 1.82) is 0 Å². The molecule has 2 aromatic rings. The third kappa shape index (κ3) is 4.38. The molecule has 1 aliphatic rings. The quantitative estimate of drug-likeness (QED) is 0.758. The lowest BCUT2D eigenvalue weighted by Gasteiger charge is -2.31. The number of rotatable bonds is 5. The highest BCUT2D eigenvalue weighted by atomic mass is 16.5. The lowest BCUT2D eigenvalue weighted by Crippen LogP contribution is -2.39. The molecule has 2 heterocycles. The van der Waals surface area contributed by atoms with E-state index in [1.54, 1.807) is 4.68 Å². The van der Waals surface area contributed by atoms with Gasteiger partial charge in [0.15, 0.2) is 0 Å². The second-order valence-electron chi connectivity index (χ2n) is 7.37. The summed E-state index contributed by atoms with van der Waals surface area (Å²) in [6.45, 7) is 5.45. The van der Waals surface area contributed by atoms with Gasteiger partial charge in [-0.3, -0.25) is 9.59 Å². The lowest BCUT2D eigenvalue weighted by atomic mass is 9.93. The van der Waals surface area contributed by atoms with Crippen molar-refractivity contribution in [3.63, 3.8) is 0 Å². The fourth-order valence-electron chi connectivity index (χ4n) is 3.42. The number of hydrogen-bond donors (Lipinski definition) is 0. The fourth-order valence-corrected chi connectivity index (χ4v) is 3.42. The third-order valence-electron chi connectivity index (χ3n) is 5.12. The molecular weight excluding hydrogens is 342 g/mol. The first-order valence-electron chi connectivity index (χ1n) is 9.51. The summed E-state index contributed by atoms with van der Waals surface area (Å²) in [6, 6.07) is 11.6. The summed E-state index contributed by atoms with van der Waals surface area (Å²) in [4.78, 5) is 26.5. The number of ether oxygens (including phenoxy) is 1. The molecule has 0 radical (unpaired) electrons. The van der Waals surface area contributed by atoms with Gasteiger partial charge in [0.25, 0.3) is 5.91 Å². The molecule has 0 bridgehead atoms. The molecule has 0 unspecified atom stereocenters. The van der Waals surface area contributed by atoms with E-state index in [2.05, 4.69) is 18.9 Å². The van der Waals surface area contributed by atoms with Crippen molar-refractivity contribution in [2.45, 2.75) is 39.0 Å². The number of piperidine rings is 1. The number of nitrogens with zero attached hydrogens (tertiary/aromatic N) is 3. The smallest absolute Gasteiger partial charge is 0.305 e. The number of esters is 1. The summed E-state index contributed by atoms with van der Waals surface area (Å²) >= 11 is 0. The van der Waals surface area contributed by atoms with Gasteiger partial charge in [0.2, 0.25) is 0 Å². The van der Waals surface area contributed by atoms with E-state index in [0.29, 0.717) is 25.2 Å². The van der Waals surface area contributed by atoms with Crippen LogP contribution in [0.3, 0.4) is 0 Å². The largest absolute Gasteiger partial charge is 0.469 e. The van der Waals surface area contributed by atoms with Gasteiger partial charge in [-0.1, -0.05) is 32.0 Å². The molecule has 27 heavy (non-hydrogen) atoms. The fraction of sp³-hybridized carbons (Fsp3) is 0.476. The average molecular weight is 369 g/mol. The third-order valence-corrected chi connectivity index (χ3v) is 5.12. The number of amides is 1. The summed E-state index contributed by atoms with van der Waals surface area (Å²) in [5, 5.41) is 4.67. The molecular formula is C21H27N3O3. The Kier molecular flexibility index (Phi) is 5.94. The topological polar surface area (TPSA) is 64.4 Å². The molecule has 144 valence electrons. The second-order valence-corrected chi connectivity index (χ2v) is 7.37. The van der Waals surface area contributed by atoms with E-state index in [9.17, 15) is 9.59 Å². The van der Waals surface area contributed by atoms with Crippen LogP contribution in [0.5, 0.6) is 0 Å². The zero-order valence-corrected chi connectivity index (χ0v) is 16.2. The maximum absolute atomic E-state index is 13.2. The maximum atomic E-state index is 13.2. The van der Waals surface area contributed by atoms with Crippen LogP contribution < -0.4 is 0 Å². The standard InChI is InChI=1S/C21H27N3O3/c1-15(2)18-14-19(24(22-18)17-7-5-4-6-8-17)21(26)23-11-9-16(10-12-23)13-20(25)27-3/h4-8,14-16H,9-13H2,1-3H3. The van der Waals surface area contributed by atoms with Crippen molar-refractivity contribution in [1.82, 2.24) is 14.7 Å². The predicted molar refractivity (Wildman–Crippen MR) is 103 cm³/mol. The van der Waals surface area contributed by atoms with Gasteiger partial charge >= 0.3 is 5.97 Å². The van der Waals surface area contributed by atoms with Gasteiger partial charge in [-0.25, -0.2) is 4.68 Å². The van der Waals surface area contributed by atoms with Crippen LogP contribution in [-0.4, -0.2) is 46.8 Å². The first kappa shape index (κ1) is 19.1. The molecule has 1 fully saturated rings. The molecule has 1 aromatic heterocycles. The first-order chi connectivity index (χ1) is 13.0. The molecule has 0 atom stereocenters. The Labute approximate surface area is 160 Å². The Morgan fingerprint density at radius 2 is 1.85 bits per heavy atom. The molecule has 0 N–H and O–H groups in total. The van der Waals surface area contributed by atoms with Crippen molar-refractivity contribution in [3.05, 3.63) is 47.8 Å². The zero-order chi connectivity index (χ0) is 19.4. The number of benzene rings is 1. The van der Waals surface area contributed by atoms with E-state index >= 15 is 0 Å². The molecule has 1 saturated heterocycles. The minimum absolute atomic E-state index is 0.00484. The van der Waals surface area contributed by atoms with Crippen LogP contribution in [0.15, 0.2) is 36.4 Å². The van der Waals surface area contributed by atoms with Gasteiger partial charge in [0.05, 0.1) is 18.5 Å². The number of carbonyl (C=O) groups is 2. The average Bonchev–Trinajstić information content (AvgIpc) is 3.14. The monoisotopic (exact) mass is 369 g/mol. The van der Waals surface area contributed by atoms with Crippen LogP contribution in [0.25, 0.3) is 5.69 Å². The molecule has 6 heteroatoms. The number of likely N-dealkylation sites (tertiary alicyclic amines) is 1. The lowest BCUT2D eigenvalue weighted by molar-refractivity contribution is -0.142. The normalized spacial score (nSPS) is 15.2. The van der Waals surface area contributed by atoms with Gasteiger partial charge in [-0.05, 0) is 42.9 Å². The summed E-state index contributed by atoms with van der Waals surface area (Å²) in [7, 11) is 1.41. The Hall–Kier alpha value is -2.63. The summed E-state index contributed by atoms with van der Waals surface area (Å²) in [6.07, 6.45) is 2.06. The summed E-state index contributed by atoms with van der Waals surface area (Å²) in [5.41, 5.74) is 2.38. The van der Waals surface area contributed by atoms with E-state index in [0.717, 1.165) is 24.2 Å². The Morgan fingerprint density at radius 1 is 1.19 bits per heavy atom. The van der Waals surface area contributed by atoms with E-state index in [-0.39, 0.29) is 23.7 Å². The molecule has 1 aromatic carbocycles. The zero-order valence-electron chi connectivity index (χ0n) is 16.2. The van der Waals surface area contributed by atoms with Crippen LogP contribution in [0.1, 0.15) is 55.2 Å². The predicted octanol–water partition coefficient (Wildman–Crippen LogP) is 3.41. The van der Waals surface area contributed by atoms with Crippen molar-refractivity contribution in [2.75, 3.05) is 20.2 Å². The molecule has 6 nitrogen and oxygen atoms in total. The Morgan fingerprint density at radius 3 is 2.44 bits per heavy atom. The molecule has 0 spiro atoms. The Bertz CT molecular complexity index is 790. The number of aromatic nitrogens is 2. The molecule has 1 aliphatic heterocycles. The molecule has 1 amide bonds. The van der Waals surface area contributed by atoms with E-state index < -0.39 is 0 Å². The van der Waals surface area contributed by atoms with Crippen molar-refractivity contribution < 1.29 is 14.3 Å². The second kappa shape index (κ2) is 8.37. The van der Waals surface area contributed by atoms with E-state index in [1.165, 1.54) is 7.11 Å². The van der Waals surface area contributed by atoms with Gasteiger partial charge in [-0.15, -0.1) is 0 Å². The number of carbonyl (C=O) groups excluding carboxylic acids is 2. The highest BCUT2D eigenvalue weighted by Crippen LogP contribution is 2.24. The van der Waals surface area contributed by atoms with E-state index in [1.807, 2.05) is 41.3 Å². The van der Waals surface area contributed by atoms with Crippen LogP contribution >= 0.6 is 0 Å². The van der Waals surface area contributed by atoms with Gasteiger partial charge in [0.1, 0.15) is 5.69 Å². The van der Waals surface area contributed by atoms with Gasteiger partial charge in [-0.2, -0.15) is 5.10 Å². The minimum Gasteiger partial charge on any atom is -0.469 e. The van der Waals surface area contributed by atoms with Crippen LogP contribution in [0, 0.1) is 5.92 Å². The first-order valence-corrected chi connectivity index (χ1v) is 9.51. The van der Waals surface area contributed by atoms with Gasteiger partial charge in [0, 0.05) is 19.5 Å². The van der Waals surface area contributed by atoms with E-state index in [4.69, 9.17) is 4.74 Å². The van der Waals surface area contributed by atoms with Gasteiger partial charge < -0.3 is 9.64 Å². The Balaban J connectivity index is 1.78. The maximum Gasteiger partial charge on any atom is 0.305 e. The van der Waals surface area contributed by atoms with Crippen LogP contribution in [0.2, 0.25) is 0 Å². The molecule has 0 saturated carbocycles. The number of hydrogen-bond acceptors (Lipinski definition) is 4. The molecule has 0 aliphatic carbocycles.